The van der Waals surface area contributed by atoms with Crippen LogP contribution >= 0.6 is 0 Å². The molecule has 0 atom stereocenters. The Balaban J connectivity index is 1.80. The highest BCUT2D eigenvalue weighted by Crippen LogP contribution is 2.32. The molecule has 0 aromatic carbocycles. The second kappa shape index (κ2) is 8.33. The van der Waals surface area contributed by atoms with Gasteiger partial charge in [-0.1, -0.05) is 5.92 Å². The largest absolute Gasteiger partial charge is 0.495 e. The smallest absolute Gasteiger partial charge is 0.228 e. The molecule has 2 N–H and O–H groups in total. The van der Waals surface area contributed by atoms with Crippen LogP contribution in [0.4, 0.5) is 16.0 Å². The number of pyridine rings is 3. The number of halogens is 1. The number of ether oxygens (including phenoxy) is 1. The number of anilines is 2. The first kappa shape index (κ1) is 19.6. The summed E-state index contributed by atoms with van der Waals surface area (Å²) in [5, 5.41) is 7.14. The van der Waals surface area contributed by atoms with Gasteiger partial charge in [-0.3, -0.25) is 4.79 Å². The fraction of sp³-hybridized carbons (Fsp3) is 0.273. The van der Waals surface area contributed by atoms with Crippen LogP contribution < -0.4 is 15.4 Å². The van der Waals surface area contributed by atoms with E-state index in [1.807, 2.05) is 0 Å². The number of amides is 1. The van der Waals surface area contributed by atoms with Crippen molar-refractivity contribution in [2.24, 2.45) is 5.92 Å². The van der Waals surface area contributed by atoms with E-state index in [1.165, 1.54) is 0 Å². The number of hydrogen-bond donors (Lipinski definition) is 2. The quantitative estimate of drug-likeness (QED) is 0.633. The molecule has 1 saturated carbocycles. The fourth-order valence-corrected chi connectivity index (χ4v) is 3.03. The third kappa shape index (κ3) is 4.01. The zero-order valence-corrected chi connectivity index (χ0v) is 16.6. The number of methoxy groups -OCH3 is 1. The molecule has 1 amide bonds. The highest BCUT2D eigenvalue weighted by Gasteiger charge is 2.29. The minimum Gasteiger partial charge on any atom is -0.495 e. The first-order valence-corrected chi connectivity index (χ1v) is 9.52. The van der Waals surface area contributed by atoms with Gasteiger partial charge in [-0.25, -0.2) is 19.3 Å². The summed E-state index contributed by atoms with van der Waals surface area (Å²) in [5.74, 6) is 7.48. The minimum absolute atomic E-state index is 0.0504. The molecule has 0 aliphatic heterocycles. The topological polar surface area (TPSA) is 89.0 Å². The molecule has 0 unspecified atom stereocenters. The lowest BCUT2D eigenvalue weighted by Gasteiger charge is -2.12. The number of nitrogens with zero attached hydrogens (tertiary/aromatic N) is 3. The van der Waals surface area contributed by atoms with Crippen molar-refractivity contribution < 1.29 is 13.9 Å². The normalized spacial score (nSPS) is 12.8. The number of aromatic nitrogens is 3. The van der Waals surface area contributed by atoms with E-state index in [4.69, 9.17) is 4.74 Å². The monoisotopic (exact) mass is 405 g/mol. The second-order valence-electron chi connectivity index (χ2n) is 6.88. The molecule has 1 aliphatic rings. The first-order chi connectivity index (χ1) is 14.6. The van der Waals surface area contributed by atoms with Gasteiger partial charge in [0.15, 0.2) is 0 Å². The lowest BCUT2D eigenvalue weighted by atomic mass is 10.0. The molecule has 0 radical (unpaired) electrons. The van der Waals surface area contributed by atoms with E-state index in [1.54, 1.807) is 44.8 Å². The zero-order chi connectivity index (χ0) is 21.1. The molecule has 3 aromatic rings. The van der Waals surface area contributed by atoms with Gasteiger partial charge in [0.2, 0.25) is 5.91 Å². The molecule has 1 aliphatic carbocycles. The molecular formula is C22H20FN5O2. The summed E-state index contributed by atoms with van der Waals surface area (Å²) >= 11 is 0. The summed E-state index contributed by atoms with van der Waals surface area (Å²) in [6.07, 6.45) is 4.96. The Kier molecular flexibility index (Phi) is 5.44. The van der Waals surface area contributed by atoms with Gasteiger partial charge >= 0.3 is 0 Å². The van der Waals surface area contributed by atoms with Gasteiger partial charge in [-0.05, 0) is 37.0 Å². The predicted octanol–water partition coefficient (Wildman–Crippen LogP) is 3.29. The Labute approximate surface area is 173 Å². The van der Waals surface area contributed by atoms with Crippen LogP contribution in [0.15, 0.2) is 30.6 Å². The Hall–Kier alpha value is -3.73. The Morgan fingerprint density at radius 1 is 1.23 bits per heavy atom. The molecule has 7 nitrogen and oxygen atoms in total. The number of rotatable bonds is 5. The number of carbonyl (C=O) groups excluding carboxylic acids is 1. The summed E-state index contributed by atoms with van der Waals surface area (Å²) < 4.78 is 18.9. The van der Waals surface area contributed by atoms with E-state index >= 15 is 0 Å². The highest BCUT2D eigenvalue weighted by molar-refractivity contribution is 6.00. The van der Waals surface area contributed by atoms with Gasteiger partial charge in [0, 0.05) is 29.9 Å². The number of alkyl halides is 1. The van der Waals surface area contributed by atoms with Gasteiger partial charge in [0.1, 0.15) is 29.8 Å². The third-order valence-corrected chi connectivity index (χ3v) is 4.81. The maximum atomic E-state index is 13.8. The maximum absolute atomic E-state index is 13.8. The van der Waals surface area contributed by atoms with Crippen molar-refractivity contribution in [2.45, 2.75) is 19.5 Å². The van der Waals surface area contributed by atoms with E-state index in [-0.39, 0.29) is 17.5 Å². The lowest BCUT2D eigenvalue weighted by Crippen LogP contribution is -2.14. The molecule has 8 heteroatoms. The van der Waals surface area contributed by atoms with E-state index in [2.05, 4.69) is 37.4 Å². The third-order valence-electron chi connectivity index (χ3n) is 4.81. The minimum atomic E-state index is -0.781. The summed E-state index contributed by atoms with van der Waals surface area (Å²) in [5.41, 5.74) is 1.16. The molecule has 4 rings (SSSR count). The van der Waals surface area contributed by atoms with Crippen molar-refractivity contribution in [3.8, 4) is 17.6 Å². The number of hydrogen-bond acceptors (Lipinski definition) is 6. The fourth-order valence-electron chi connectivity index (χ4n) is 3.03. The summed E-state index contributed by atoms with van der Waals surface area (Å²) in [4.78, 5) is 25.0. The van der Waals surface area contributed by atoms with Crippen LogP contribution in [0.3, 0.4) is 0 Å². The molecule has 0 bridgehead atoms. The number of fused-ring (bicyclic) bond motifs is 1. The lowest BCUT2D eigenvalue weighted by molar-refractivity contribution is -0.117. The SMILES string of the molecule is CNc1nc(CF)c(C#Cc2ccc(OC)cn2)c2cc(NC(=O)C3CC3)ncc12. The first-order valence-electron chi connectivity index (χ1n) is 9.52. The van der Waals surface area contributed by atoms with Crippen LogP contribution in [0.2, 0.25) is 0 Å². The van der Waals surface area contributed by atoms with Crippen LogP contribution in [-0.2, 0) is 11.5 Å². The summed E-state index contributed by atoms with van der Waals surface area (Å²) in [6.45, 7) is -0.781. The van der Waals surface area contributed by atoms with E-state index in [0.717, 1.165) is 12.8 Å². The van der Waals surface area contributed by atoms with E-state index < -0.39 is 6.67 Å². The number of carbonyl (C=O) groups is 1. The van der Waals surface area contributed by atoms with Crippen molar-refractivity contribution in [1.29, 1.82) is 0 Å². The van der Waals surface area contributed by atoms with Crippen molar-refractivity contribution in [2.75, 3.05) is 24.8 Å². The second-order valence-corrected chi connectivity index (χ2v) is 6.88. The summed E-state index contributed by atoms with van der Waals surface area (Å²) in [6, 6.07) is 5.19. The average Bonchev–Trinajstić information content (AvgIpc) is 3.63. The standard InChI is InChI=1S/C22H20FN5O2/c1-24-21-18-12-26-20(28-22(29)13-3-4-13)9-17(18)16(19(10-23)27-21)8-6-14-5-7-15(30-2)11-25-14/h5,7,9,11-13H,3-4,10H2,1-2H3,(H,24,27)(H,26,28,29). The zero-order valence-electron chi connectivity index (χ0n) is 16.6. The average molecular weight is 405 g/mol. The highest BCUT2D eigenvalue weighted by atomic mass is 19.1. The molecular weight excluding hydrogens is 385 g/mol. The van der Waals surface area contributed by atoms with Crippen LogP contribution in [-0.4, -0.2) is 35.0 Å². The van der Waals surface area contributed by atoms with Crippen LogP contribution in [0.5, 0.6) is 5.75 Å². The summed E-state index contributed by atoms with van der Waals surface area (Å²) in [7, 11) is 3.27. The van der Waals surface area contributed by atoms with Crippen LogP contribution in [0.1, 0.15) is 29.8 Å². The molecule has 0 spiro atoms. The van der Waals surface area contributed by atoms with E-state index in [9.17, 15) is 9.18 Å². The van der Waals surface area contributed by atoms with Crippen LogP contribution in [0, 0.1) is 17.8 Å². The van der Waals surface area contributed by atoms with Crippen molar-refractivity contribution in [3.05, 3.63) is 47.5 Å². The molecule has 3 heterocycles. The van der Waals surface area contributed by atoms with E-state index in [0.29, 0.717) is 39.4 Å². The Bertz CT molecular complexity index is 1160. The van der Waals surface area contributed by atoms with Gasteiger partial charge in [0.25, 0.3) is 0 Å². The van der Waals surface area contributed by atoms with Gasteiger partial charge in [-0.2, -0.15) is 0 Å². The Morgan fingerprint density at radius 2 is 2.07 bits per heavy atom. The predicted molar refractivity (Wildman–Crippen MR) is 112 cm³/mol. The molecule has 152 valence electrons. The molecule has 30 heavy (non-hydrogen) atoms. The van der Waals surface area contributed by atoms with Gasteiger partial charge < -0.3 is 15.4 Å². The van der Waals surface area contributed by atoms with Crippen molar-refractivity contribution >= 4 is 28.3 Å². The van der Waals surface area contributed by atoms with Crippen LogP contribution in [0.25, 0.3) is 10.8 Å². The number of nitrogens with one attached hydrogen (secondary N) is 2. The Morgan fingerprint density at radius 3 is 2.70 bits per heavy atom. The van der Waals surface area contributed by atoms with Crippen molar-refractivity contribution in [1.82, 2.24) is 15.0 Å². The van der Waals surface area contributed by atoms with Crippen molar-refractivity contribution in [3.63, 3.8) is 0 Å². The molecule has 0 saturated heterocycles. The molecule has 1 fully saturated rings. The van der Waals surface area contributed by atoms with Gasteiger partial charge in [0.05, 0.1) is 24.6 Å². The maximum Gasteiger partial charge on any atom is 0.228 e. The molecule has 3 aromatic heterocycles. The van der Waals surface area contributed by atoms with Gasteiger partial charge in [-0.15, -0.1) is 0 Å².